The number of rotatable bonds is 1. The van der Waals surface area contributed by atoms with E-state index in [0.29, 0.717) is 0 Å². The summed E-state index contributed by atoms with van der Waals surface area (Å²) in [5.41, 5.74) is 1.70. The Bertz CT molecular complexity index is 551. The number of aromatic nitrogens is 1. The van der Waals surface area contributed by atoms with E-state index in [1.165, 1.54) is 0 Å². The molecule has 0 amide bonds. The van der Waals surface area contributed by atoms with Crippen LogP contribution >= 0.6 is 0 Å². The number of nitrogens with zero attached hydrogens (tertiary/aromatic N) is 1. The van der Waals surface area contributed by atoms with Crippen LogP contribution in [0.1, 0.15) is 0 Å². The van der Waals surface area contributed by atoms with E-state index < -0.39 is 0 Å². The lowest BCUT2D eigenvalue weighted by Crippen LogP contribution is -1.77. The fourth-order valence-corrected chi connectivity index (χ4v) is 1.57. The summed E-state index contributed by atoms with van der Waals surface area (Å²) in [4.78, 5) is 4.22. The summed E-state index contributed by atoms with van der Waals surface area (Å²) in [7, 11) is 0. The fourth-order valence-electron chi connectivity index (χ4n) is 1.57. The van der Waals surface area contributed by atoms with E-state index in [4.69, 9.17) is 4.42 Å². The van der Waals surface area contributed by atoms with Crippen LogP contribution in [0.3, 0.4) is 0 Å². The molecule has 3 aromatic rings. The van der Waals surface area contributed by atoms with Gasteiger partial charge in [0.15, 0.2) is 5.76 Å². The second-order valence-electron chi connectivity index (χ2n) is 3.29. The van der Waals surface area contributed by atoms with Gasteiger partial charge in [-0.1, -0.05) is 18.2 Å². The van der Waals surface area contributed by atoms with Gasteiger partial charge in [-0.15, -0.1) is 0 Å². The molecule has 0 aliphatic rings. The number of para-hydroxylation sites is 1. The monoisotopic (exact) mass is 194 g/mol. The Labute approximate surface area is 87.2 Å². The number of hydrogen-bond donors (Lipinski definition) is 0. The van der Waals surface area contributed by atoms with E-state index in [1.807, 2.05) is 36.4 Å². The first-order valence-electron chi connectivity index (χ1n) is 4.74. The molecule has 0 saturated heterocycles. The number of fused-ring (bicyclic) bond motifs is 1. The molecule has 1 radical (unpaired) electrons. The van der Waals surface area contributed by atoms with E-state index in [1.54, 1.807) is 12.3 Å². The number of benzene rings is 1. The zero-order chi connectivity index (χ0) is 10.1. The van der Waals surface area contributed by atoms with Crippen molar-refractivity contribution in [1.82, 2.24) is 4.98 Å². The summed E-state index contributed by atoms with van der Waals surface area (Å²) in [5.74, 6) is 0.785. The summed E-state index contributed by atoms with van der Waals surface area (Å²) in [6, 6.07) is 16.5. The largest absolute Gasteiger partial charge is 0.454 e. The molecular weight excluding hydrogens is 186 g/mol. The van der Waals surface area contributed by atoms with Gasteiger partial charge in [-0.25, -0.2) is 0 Å². The molecule has 0 unspecified atom stereocenters. The Kier molecular flexibility index (Phi) is 1.78. The third-order valence-electron chi connectivity index (χ3n) is 2.28. The van der Waals surface area contributed by atoms with Crippen LogP contribution in [-0.4, -0.2) is 4.98 Å². The van der Waals surface area contributed by atoms with E-state index >= 15 is 0 Å². The van der Waals surface area contributed by atoms with Crippen LogP contribution in [0, 0.1) is 6.07 Å². The van der Waals surface area contributed by atoms with Crippen LogP contribution in [0.15, 0.2) is 53.1 Å². The predicted octanol–water partition coefficient (Wildman–Crippen LogP) is 3.29. The smallest absolute Gasteiger partial charge is 0.153 e. The Morgan fingerprint density at radius 3 is 2.93 bits per heavy atom. The molecular formula is C13H8NO. The summed E-state index contributed by atoms with van der Waals surface area (Å²) >= 11 is 0. The summed E-state index contributed by atoms with van der Waals surface area (Å²) in [5, 5.41) is 1.10. The van der Waals surface area contributed by atoms with Gasteiger partial charge in [0.2, 0.25) is 0 Å². The second-order valence-corrected chi connectivity index (χ2v) is 3.29. The van der Waals surface area contributed by atoms with Gasteiger partial charge in [-0.05, 0) is 30.3 Å². The molecule has 0 fully saturated rings. The van der Waals surface area contributed by atoms with Crippen LogP contribution < -0.4 is 0 Å². The minimum Gasteiger partial charge on any atom is -0.454 e. The van der Waals surface area contributed by atoms with Crippen molar-refractivity contribution in [3.63, 3.8) is 0 Å². The lowest BCUT2D eigenvalue weighted by atomic mass is 10.2. The third-order valence-corrected chi connectivity index (χ3v) is 2.28. The van der Waals surface area contributed by atoms with Crippen molar-refractivity contribution in [3.8, 4) is 11.5 Å². The molecule has 0 N–H and O–H groups in total. The highest BCUT2D eigenvalue weighted by molar-refractivity contribution is 5.81. The van der Waals surface area contributed by atoms with Gasteiger partial charge in [0, 0.05) is 11.6 Å². The van der Waals surface area contributed by atoms with Crippen molar-refractivity contribution < 1.29 is 4.42 Å². The highest BCUT2D eigenvalue weighted by Crippen LogP contribution is 2.25. The predicted molar refractivity (Wildman–Crippen MR) is 58.3 cm³/mol. The molecule has 2 heteroatoms. The highest BCUT2D eigenvalue weighted by atomic mass is 16.3. The lowest BCUT2D eigenvalue weighted by Gasteiger charge is -1.91. The zero-order valence-corrected chi connectivity index (χ0v) is 7.97. The maximum Gasteiger partial charge on any atom is 0.153 e. The quantitative estimate of drug-likeness (QED) is 0.594. The van der Waals surface area contributed by atoms with Gasteiger partial charge in [-0.2, -0.15) is 0 Å². The maximum absolute atomic E-state index is 5.67. The Morgan fingerprint density at radius 2 is 2.13 bits per heavy atom. The Hall–Kier alpha value is -2.09. The average molecular weight is 194 g/mol. The third kappa shape index (κ3) is 1.40. The van der Waals surface area contributed by atoms with Gasteiger partial charge < -0.3 is 4.42 Å². The minimum absolute atomic E-state index is 0.785. The van der Waals surface area contributed by atoms with Crippen molar-refractivity contribution in [2.24, 2.45) is 0 Å². The highest BCUT2D eigenvalue weighted by Gasteiger charge is 2.05. The van der Waals surface area contributed by atoms with E-state index in [-0.39, 0.29) is 0 Å². The van der Waals surface area contributed by atoms with Crippen molar-refractivity contribution in [2.45, 2.75) is 0 Å². The van der Waals surface area contributed by atoms with Gasteiger partial charge >= 0.3 is 0 Å². The van der Waals surface area contributed by atoms with Crippen molar-refractivity contribution in [1.29, 1.82) is 0 Å². The fraction of sp³-hybridized carbons (Fsp3) is 0. The van der Waals surface area contributed by atoms with Gasteiger partial charge in [-0.3, -0.25) is 4.98 Å². The normalized spacial score (nSPS) is 10.7. The van der Waals surface area contributed by atoms with Crippen LogP contribution in [-0.2, 0) is 0 Å². The van der Waals surface area contributed by atoms with Gasteiger partial charge in [0.1, 0.15) is 11.3 Å². The van der Waals surface area contributed by atoms with E-state index in [0.717, 1.165) is 22.4 Å². The molecule has 0 bridgehead atoms. The van der Waals surface area contributed by atoms with E-state index in [2.05, 4.69) is 11.1 Å². The zero-order valence-electron chi connectivity index (χ0n) is 7.97. The Balaban J connectivity index is 2.21. The SMILES string of the molecule is [c]1ccnc(-c2cc3ccccc3o2)c1. The second kappa shape index (κ2) is 3.24. The van der Waals surface area contributed by atoms with Crippen LogP contribution in [0.5, 0.6) is 0 Å². The maximum atomic E-state index is 5.67. The molecule has 3 rings (SSSR count). The van der Waals surface area contributed by atoms with Gasteiger partial charge in [0.05, 0.1) is 0 Å². The summed E-state index contributed by atoms with van der Waals surface area (Å²) < 4.78 is 5.67. The Morgan fingerprint density at radius 1 is 1.20 bits per heavy atom. The molecule has 0 atom stereocenters. The minimum atomic E-state index is 0.785. The molecule has 2 nitrogen and oxygen atoms in total. The number of furan rings is 1. The van der Waals surface area contributed by atoms with Crippen LogP contribution in [0.2, 0.25) is 0 Å². The van der Waals surface area contributed by atoms with Crippen LogP contribution in [0.4, 0.5) is 0 Å². The number of hydrogen-bond acceptors (Lipinski definition) is 2. The first kappa shape index (κ1) is 8.24. The lowest BCUT2D eigenvalue weighted by molar-refractivity contribution is 0.628. The molecule has 0 aliphatic carbocycles. The first-order chi connectivity index (χ1) is 7.43. The molecule has 1 aromatic carbocycles. The number of pyridine rings is 1. The molecule has 0 spiro atoms. The van der Waals surface area contributed by atoms with Crippen molar-refractivity contribution in [3.05, 3.63) is 54.7 Å². The molecule has 15 heavy (non-hydrogen) atoms. The molecule has 71 valence electrons. The van der Waals surface area contributed by atoms with E-state index in [9.17, 15) is 0 Å². The average Bonchev–Trinajstić information content (AvgIpc) is 2.74. The van der Waals surface area contributed by atoms with Gasteiger partial charge in [0.25, 0.3) is 0 Å². The standard InChI is InChI=1S/C13H8NO/c1-2-7-12-10(5-1)9-13(15-12)11-6-3-4-8-14-11/h1-2,4-9H. The topological polar surface area (TPSA) is 26.0 Å². The molecule has 2 heterocycles. The van der Waals surface area contributed by atoms with Crippen molar-refractivity contribution >= 4 is 11.0 Å². The molecule has 0 saturated carbocycles. The van der Waals surface area contributed by atoms with Crippen molar-refractivity contribution in [2.75, 3.05) is 0 Å². The molecule has 2 aromatic heterocycles. The summed E-state index contributed by atoms with van der Waals surface area (Å²) in [6.45, 7) is 0. The molecule has 0 aliphatic heterocycles. The summed E-state index contributed by atoms with van der Waals surface area (Å²) in [6.07, 6.45) is 1.71. The first-order valence-corrected chi connectivity index (χ1v) is 4.74. The van der Waals surface area contributed by atoms with Crippen LogP contribution in [0.25, 0.3) is 22.4 Å².